The van der Waals surface area contributed by atoms with Gasteiger partial charge < -0.3 is 4.74 Å². The van der Waals surface area contributed by atoms with Gasteiger partial charge in [0.1, 0.15) is 0 Å². The normalized spacial score (nSPS) is 7.35. The van der Waals surface area contributed by atoms with Crippen LogP contribution in [-0.2, 0) is 45.4 Å². The third kappa shape index (κ3) is 21.6. The Bertz CT molecular complexity index is 362. The first kappa shape index (κ1) is 31.0. The fraction of sp³-hybridized carbons (Fsp3) is 0.308. The molecule has 0 saturated heterocycles. The van der Waals surface area contributed by atoms with E-state index < -0.39 is 11.8 Å². The summed E-state index contributed by atoms with van der Waals surface area (Å²) in [7, 11) is 0. The van der Waals surface area contributed by atoms with Crippen LogP contribution in [0.1, 0.15) is 20.8 Å². The third-order valence-corrected chi connectivity index (χ3v) is 1.50. The molecule has 6 nitrogen and oxygen atoms in total. The maximum Gasteiger partial charge on any atom is 0 e. The van der Waals surface area contributed by atoms with E-state index in [1.54, 1.807) is 20.8 Å². The Morgan fingerprint density at radius 2 is 1.45 bits per heavy atom. The standard InChI is InChI=1S/C10H14O3.3CO.Fe/c1-5-13-10(12)9(11)6-8(4)7(2)3;3*1-2;/h6H,2,5H2,1,3-4H3;;;;/b8-6-;;;;. The second-order valence-corrected chi connectivity index (χ2v) is 2.69. The van der Waals surface area contributed by atoms with Crippen molar-refractivity contribution in [2.24, 2.45) is 0 Å². The van der Waals surface area contributed by atoms with Crippen LogP contribution in [0.5, 0.6) is 0 Å². The van der Waals surface area contributed by atoms with Crippen molar-refractivity contribution in [3.05, 3.63) is 43.8 Å². The zero-order valence-corrected chi connectivity index (χ0v) is 12.4. The minimum absolute atomic E-state index is 0. The van der Waals surface area contributed by atoms with E-state index in [-0.39, 0.29) is 23.7 Å². The summed E-state index contributed by atoms with van der Waals surface area (Å²) < 4.78 is 27.0. The fourth-order valence-corrected chi connectivity index (χ4v) is 0.581. The van der Waals surface area contributed by atoms with Crippen molar-refractivity contribution < 1.29 is 45.4 Å². The molecule has 0 heterocycles. The average molecular weight is 322 g/mol. The van der Waals surface area contributed by atoms with Crippen molar-refractivity contribution in [2.45, 2.75) is 20.8 Å². The van der Waals surface area contributed by atoms with Gasteiger partial charge in [-0.15, -0.1) is 0 Å². The maximum atomic E-state index is 11.1. The molecule has 0 aromatic heterocycles. The molecule has 0 saturated carbocycles. The molecule has 0 aliphatic carbocycles. The molecule has 0 aromatic carbocycles. The molecular formula is C13H14FeO6. The van der Waals surface area contributed by atoms with Crippen LogP contribution in [0.3, 0.4) is 0 Å². The molecule has 110 valence electrons. The molecule has 7 heteroatoms. The van der Waals surface area contributed by atoms with Gasteiger partial charge in [-0.3, -0.25) is 4.79 Å². The third-order valence-electron chi connectivity index (χ3n) is 1.50. The summed E-state index contributed by atoms with van der Waals surface area (Å²) in [6, 6.07) is 0. The van der Waals surface area contributed by atoms with Crippen LogP contribution < -0.4 is 0 Å². The van der Waals surface area contributed by atoms with Gasteiger partial charge in [-0.05, 0) is 32.4 Å². The summed E-state index contributed by atoms with van der Waals surface area (Å²) in [6.45, 7) is 22.5. The Hall–Kier alpha value is -1.64. The van der Waals surface area contributed by atoms with E-state index in [0.29, 0.717) is 5.57 Å². The maximum absolute atomic E-state index is 11.1. The van der Waals surface area contributed by atoms with Gasteiger partial charge in [-0.1, -0.05) is 12.2 Å². The van der Waals surface area contributed by atoms with Gasteiger partial charge in [0.15, 0.2) is 0 Å². The van der Waals surface area contributed by atoms with Crippen LogP contribution in [0.15, 0.2) is 23.8 Å². The molecule has 0 aliphatic heterocycles. The number of ketones is 1. The van der Waals surface area contributed by atoms with Gasteiger partial charge in [-0.2, -0.15) is 0 Å². The van der Waals surface area contributed by atoms with E-state index in [2.05, 4.69) is 31.3 Å². The number of hydrogen-bond donors (Lipinski definition) is 0. The minimum atomic E-state index is -0.817. The Morgan fingerprint density at radius 3 is 1.70 bits per heavy atom. The number of rotatable bonds is 4. The smallest absolute Gasteiger partial charge is 0 e. The van der Waals surface area contributed by atoms with Gasteiger partial charge in [0.2, 0.25) is 0 Å². The molecule has 0 atom stereocenters. The molecule has 0 aromatic rings. The molecule has 0 unspecified atom stereocenters. The number of carbonyl (C=O) groups is 2. The second kappa shape index (κ2) is 26.0. The predicted octanol–water partition coefficient (Wildman–Crippen LogP) is 1.53. The first-order valence-electron chi connectivity index (χ1n) is 4.65. The summed E-state index contributed by atoms with van der Waals surface area (Å²) in [4.78, 5) is 21.9. The quantitative estimate of drug-likeness (QED) is 0.149. The minimum Gasteiger partial charge on any atom is 0 e. The number of esters is 1. The predicted molar refractivity (Wildman–Crippen MR) is 62.0 cm³/mol. The van der Waals surface area contributed by atoms with Crippen molar-refractivity contribution in [1.29, 1.82) is 0 Å². The number of allylic oxidation sites excluding steroid dienone is 2. The summed E-state index contributed by atoms with van der Waals surface area (Å²) in [5.41, 5.74) is 1.45. The Balaban J connectivity index is -0.0000000940. The Morgan fingerprint density at radius 1 is 1.10 bits per heavy atom. The zero-order chi connectivity index (χ0) is 16.4. The second-order valence-electron chi connectivity index (χ2n) is 2.69. The van der Waals surface area contributed by atoms with Gasteiger partial charge in [0.25, 0.3) is 5.78 Å². The average Bonchev–Trinajstić information content (AvgIpc) is 2.45. The van der Waals surface area contributed by atoms with Crippen molar-refractivity contribution in [2.75, 3.05) is 6.61 Å². The number of ether oxygens (including phenoxy) is 1. The molecule has 20 heavy (non-hydrogen) atoms. The molecular weight excluding hydrogens is 308 g/mol. The van der Waals surface area contributed by atoms with Crippen LogP contribution in [0.25, 0.3) is 0 Å². The zero-order valence-electron chi connectivity index (χ0n) is 11.3. The largest absolute Gasteiger partial charge is 0 e. The summed E-state index contributed by atoms with van der Waals surface area (Å²) in [5.74, 6) is -1.45. The van der Waals surface area contributed by atoms with Crippen LogP contribution in [-0.4, -0.2) is 18.4 Å². The molecule has 0 rings (SSSR count). The van der Waals surface area contributed by atoms with Crippen LogP contribution in [0.2, 0.25) is 0 Å². The summed E-state index contributed by atoms with van der Waals surface area (Å²) >= 11 is 0. The van der Waals surface area contributed by atoms with Crippen LogP contribution in [0, 0.1) is 20.0 Å². The van der Waals surface area contributed by atoms with E-state index in [4.69, 9.17) is 14.0 Å². The van der Waals surface area contributed by atoms with Gasteiger partial charge in [0.05, 0.1) is 6.61 Å². The van der Waals surface area contributed by atoms with E-state index in [1.807, 2.05) is 0 Å². The van der Waals surface area contributed by atoms with E-state index >= 15 is 0 Å². The number of hydrogen-bond acceptors (Lipinski definition) is 3. The van der Waals surface area contributed by atoms with Gasteiger partial charge in [0, 0.05) is 17.1 Å². The van der Waals surface area contributed by atoms with Crippen LogP contribution in [0.4, 0.5) is 0 Å². The van der Waals surface area contributed by atoms with Crippen LogP contribution >= 0.6 is 0 Å². The molecule has 0 bridgehead atoms. The monoisotopic (exact) mass is 322 g/mol. The Kier molecular flexibility index (Phi) is 40.3. The van der Waals surface area contributed by atoms with E-state index in [9.17, 15) is 9.59 Å². The SMILES string of the molecule is C=C(C)/C(C)=C\C(=O)C(=O)OCC.[C-]#[O+].[C-]#[O+].[C-]#[O+].[Fe]. The molecule has 0 radical (unpaired) electrons. The van der Waals surface area contributed by atoms with Crippen molar-refractivity contribution in [3.8, 4) is 0 Å². The van der Waals surface area contributed by atoms with E-state index in [0.717, 1.165) is 5.57 Å². The van der Waals surface area contributed by atoms with Gasteiger partial charge in [-0.25, -0.2) is 4.79 Å². The summed E-state index contributed by atoms with van der Waals surface area (Å²) in [5, 5.41) is 0. The molecule has 0 aliphatic rings. The van der Waals surface area contributed by atoms with Crippen molar-refractivity contribution >= 4 is 11.8 Å². The molecule has 0 fully saturated rings. The molecule has 0 amide bonds. The first-order chi connectivity index (χ1) is 8.99. The number of carbonyl (C=O) groups excluding carboxylic acids is 2. The van der Waals surface area contributed by atoms with E-state index in [1.165, 1.54) is 6.08 Å². The van der Waals surface area contributed by atoms with Gasteiger partial charge >= 0.3 is 39.9 Å². The van der Waals surface area contributed by atoms with Crippen molar-refractivity contribution in [1.82, 2.24) is 0 Å². The topological polar surface area (TPSA) is 103 Å². The summed E-state index contributed by atoms with van der Waals surface area (Å²) in [6.07, 6.45) is 1.24. The van der Waals surface area contributed by atoms with Crippen molar-refractivity contribution in [3.63, 3.8) is 0 Å². The molecule has 0 spiro atoms. The first-order valence-corrected chi connectivity index (χ1v) is 4.65. The fourth-order valence-electron chi connectivity index (χ4n) is 0.581. The Labute approximate surface area is 128 Å². The molecule has 0 N–H and O–H groups in total.